The zero-order valence-electron chi connectivity index (χ0n) is 14.7. The highest BCUT2D eigenvalue weighted by Gasteiger charge is 2.45. The van der Waals surface area contributed by atoms with E-state index in [9.17, 15) is 15.3 Å². The van der Waals surface area contributed by atoms with Crippen molar-refractivity contribution in [3.05, 3.63) is 0 Å². The molecular weight excluding hydrogens is 320 g/mol. The van der Waals surface area contributed by atoms with Gasteiger partial charge in [0.25, 0.3) is 0 Å². The normalized spacial score (nSPS) is 34.2. The van der Waals surface area contributed by atoms with Crippen LogP contribution in [0.3, 0.4) is 0 Å². The maximum absolute atomic E-state index is 10.2. The van der Waals surface area contributed by atoms with Gasteiger partial charge < -0.3 is 24.5 Å². The minimum Gasteiger partial charge on any atom is -0.414 e. The third-order valence-electron chi connectivity index (χ3n) is 4.49. The molecule has 1 aliphatic rings. The van der Waals surface area contributed by atoms with Crippen molar-refractivity contribution in [2.24, 2.45) is 0 Å². The molecule has 0 radical (unpaired) electrons. The molecule has 0 bridgehead atoms. The molecule has 0 aromatic heterocycles. The highest BCUT2D eigenvalue weighted by atomic mass is 32.2. The predicted molar refractivity (Wildman–Crippen MR) is 92.6 cm³/mol. The van der Waals surface area contributed by atoms with E-state index in [-0.39, 0.29) is 16.9 Å². The van der Waals surface area contributed by atoms with Crippen LogP contribution in [0.25, 0.3) is 0 Å². The average molecular weight is 353 g/mol. The van der Waals surface area contributed by atoms with Crippen LogP contribution in [-0.2, 0) is 9.16 Å². The molecule has 1 aliphatic heterocycles. The molecule has 5 nitrogen and oxygen atoms in total. The fourth-order valence-corrected chi connectivity index (χ4v) is 4.02. The Morgan fingerprint density at radius 1 is 1.09 bits per heavy atom. The van der Waals surface area contributed by atoms with Gasteiger partial charge in [0.2, 0.25) is 0 Å². The summed E-state index contributed by atoms with van der Waals surface area (Å²) >= 11 is 1.44. The van der Waals surface area contributed by atoms with Crippen molar-refractivity contribution < 1.29 is 24.5 Å². The summed E-state index contributed by atoms with van der Waals surface area (Å²) in [5.41, 5.74) is -0.550. The predicted octanol–water partition coefficient (Wildman–Crippen LogP) is 1.96. The number of aliphatic hydroxyl groups is 3. The van der Waals surface area contributed by atoms with E-state index in [1.807, 2.05) is 13.8 Å². The van der Waals surface area contributed by atoms with Gasteiger partial charge >= 0.3 is 0 Å². The van der Waals surface area contributed by atoms with Crippen molar-refractivity contribution in [3.8, 4) is 0 Å². The first kappa shape index (κ1) is 20.4. The van der Waals surface area contributed by atoms with Crippen LogP contribution in [-0.4, -0.2) is 65.3 Å². The number of ether oxygens (including phenoxy) is 1. The van der Waals surface area contributed by atoms with Crippen LogP contribution >= 0.6 is 11.8 Å². The summed E-state index contributed by atoms with van der Waals surface area (Å²) in [6.07, 6.45) is -4.06. The molecule has 0 saturated carbocycles. The van der Waals surface area contributed by atoms with Crippen molar-refractivity contribution in [3.63, 3.8) is 0 Å². The molecule has 0 unspecified atom stereocenters. The second-order valence-corrected chi connectivity index (χ2v) is 14.3. The van der Waals surface area contributed by atoms with Gasteiger partial charge in [0.05, 0.1) is 6.61 Å². The van der Waals surface area contributed by atoms with Crippen molar-refractivity contribution in [1.29, 1.82) is 0 Å². The molecule has 132 valence electrons. The van der Waals surface area contributed by atoms with Gasteiger partial charge in [0.1, 0.15) is 29.9 Å². The Morgan fingerprint density at radius 3 is 2.09 bits per heavy atom. The summed E-state index contributed by atoms with van der Waals surface area (Å²) in [5, 5.41) is 30.6. The SMILES string of the molecule is CC(C)S[C@@H]1O[C@H](CO[Si](C)(C)C(C)(C)C)[C@H](O)[C@H](O)[C@H]1O. The summed E-state index contributed by atoms with van der Waals surface area (Å²) in [5.74, 6) is 0. The molecule has 1 saturated heterocycles. The topological polar surface area (TPSA) is 79.2 Å². The highest BCUT2D eigenvalue weighted by molar-refractivity contribution is 8.00. The lowest BCUT2D eigenvalue weighted by molar-refractivity contribution is -0.204. The second-order valence-electron chi connectivity index (χ2n) is 7.77. The van der Waals surface area contributed by atoms with E-state index < -0.39 is 38.2 Å². The second kappa shape index (κ2) is 7.50. The Hall–Kier alpha value is 0.367. The molecule has 3 N–H and O–H groups in total. The van der Waals surface area contributed by atoms with Crippen LogP contribution in [0.5, 0.6) is 0 Å². The Bertz CT molecular complexity index is 358. The van der Waals surface area contributed by atoms with Crippen molar-refractivity contribution >= 4 is 20.1 Å². The molecule has 0 spiro atoms. The van der Waals surface area contributed by atoms with Crippen molar-refractivity contribution in [2.75, 3.05) is 6.61 Å². The number of rotatable bonds is 5. The van der Waals surface area contributed by atoms with E-state index in [0.29, 0.717) is 0 Å². The summed E-state index contributed by atoms with van der Waals surface area (Å²) in [4.78, 5) is 0. The molecule has 1 heterocycles. The molecule has 5 atom stereocenters. The third-order valence-corrected chi connectivity index (χ3v) is 10.2. The van der Waals surface area contributed by atoms with Gasteiger partial charge in [-0.3, -0.25) is 0 Å². The van der Waals surface area contributed by atoms with Crippen LogP contribution < -0.4 is 0 Å². The number of thioether (sulfide) groups is 1. The maximum Gasteiger partial charge on any atom is 0.192 e. The van der Waals surface area contributed by atoms with Crippen molar-refractivity contribution in [1.82, 2.24) is 0 Å². The van der Waals surface area contributed by atoms with E-state index in [0.717, 1.165) is 0 Å². The van der Waals surface area contributed by atoms with E-state index in [1.54, 1.807) is 0 Å². The van der Waals surface area contributed by atoms with Crippen molar-refractivity contribution in [2.45, 2.75) is 87.9 Å². The first-order chi connectivity index (χ1) is 9.86. The zero-order valence-corrected chi connectivity index (χ0v) is 16.6. The van der Waals surface area contributed by atoms with Gasteiger partial charge in [-0.2, -0.15) is 0 Å². The van der Waals surface area contributed by atoms with Gasteiger partial charge in [-0.25, -0.2) is 0 Å². The Morgan fingerprint density at radius 2 is 1.64 bits per heavy atom. The minimum absolute atomic E-state index is 0.0663. The molecular formula is C15H32O5SSi. The molecule has 0 aliphatic carbocycles. The first-order valence-electron chi connectivity index (χ1n) is 7.86. The Labute approximate surface area is 139 Å². The van der Waals surface area contributed by atoms with Crippen LogP contribution in [0.4, 0.5) is 0 Å². The Balaban J connectivity index is 2.73. The molecule has 0 amide bonds. The summed E-state index contributed by atoms with van der Waals surface area (Å²) in [6.45, 7) is 14.9. The van der Waals surface area contributed by atoms with Crippen LogP contribution in [0.2, 0.25) is 18.1 Å². The van der Waals surface area contributed by atoms with Crippen LogP contribution in [0.1, 0.15) is 34.6 Å². The van der Waals surface area contributed by atoms with Gasteiger partial charge in [-0.05, 0) is 18.1 Å². The molecule has 7 heteroatoms. The quantitative estimate of drug-likeness (QED) is 0.657. The standard InChI is InChI=1S/C15H32O5SSi/c1-9(2)21-14-13(18)12(17)11(16)10(20-14)8-19-22(6,7)15(3,4)5/h9-14,16-18H,8H2,1-7H3/t10-,11+,12+,13-,14+/m1/s1. The summed E-state index contributed by atoms with van der Waals surface area (Å²) in [6, 6.07) is 0. The fourth-order valence-electron chi connectivity index (χ4n) is 1.94. The van der Waals surface area contributed by atoms with Crippen LogP contribution in [0, 0.1) is 0 Å². The summed E-state index contributed by atoms with van der Waals surface area (Å²) in [7, 11) is -1.95. The molecule has 0 aromatic carbocycles. The van der Waals surface area contributed by atoms with E-state index in [1.165, 1.54) is 11.8 Å². The fraction of sp³-hybridized carbons (Fsp3) is 1.00. The van der Waals surface area contributed by atoms with Gasteiger partial charge in [0, 0.05) is 5.25 Å². The number of aliphatic hydroxyl groups excluding tert-OH is 3. The molecule has 1 rings (SSSR count). The lowest BCUT2D eigenvalue weighted by atomic mass is 10.0. The summed E-state index contributed by atoms with van der Waals surface area (Å²) < 4.78 is 11.9. The maximum atomic E-state index is 10.2. The monoisotopic (exact) mass is 352 g/mol. The molecule has 22 heavy (non-hydrogen) atoms. The van der Waals surface area contributed by atoms with E-state index in [2.05, 4.69) is 33.9 Å². The largest absolute Gasteiger partial charge is 0.414 e. The third kappa shape index (κ3) is 4.93. The smallest absolute Gasteiger partial charge is 0.192 e. The lowest BCUT2D eigenvalue weighted by Crippen LogP contribution is -2.58. The molecule has 0 aromatic rings. The van der Waals surface area contributed by atoms with Gasteiger partial charge in [-0.1, -0.05) is 34.6 Å². The van der Waals surface area contributed by atoms with Crippen LogP contribution in [0.15, 0.2) is 0 Å². The average Bonchev–Trinajstić information content (AvgIpc) is 2.36. The minimum atomic E-state index is -1.95. The van der Waals surface area contributed by atoms with E-state index >= 15 is 0 Å². The highest BCUT2D eigenvalue weighted by Crippen LogP contribution is 2.37. The zero-order chi connectivity index (χ0) is 17.3. The molecule has 1 fully saturated rings. The number of hydrogen-bond acceptors (Lipinski definition) is 6. The lowest BCUT2D eigenvalue weighted by Gasteiger charge is -2.43. The first-order valence-corrected chi connectivity index (χ1v) is 11.7. The van der Waals surface area contributed by atoms with Gasteiger partial charge in [0.15, 0.2) is 8.32 Å². The number of hydrogen-bond donors (Lipinski definition) is 3. The van der Waals surface area contributed by atoms with E-state index in [4.69, 9.17) is 9.16 Å². The van der Waals surface area contributed by atoms with Gasteiger partial charge in [-0.15, -0.1) is 11.8 Å². The Kier molecular flexibility index (Phi) is 6.96.